The zero-order valence-corrected chi connectivity index (χ0v) is 11.6. The smallest absolute Gasteiger partial charge is 0.0671 e. The molecule has 0 amide bonds. The van der Waals surface area contributed by atoms with E-state index in [1.54, 1.807) is 23.9 Å². The summed E-state index contributed by atoms with van der Waals surface area (Å²) in [6, 6.07) is 5.41. The van der Waals surface area contributed by atoms with Crippen molar-refractivity contribution >= 4 is 35.0 Å². The third-order valence-corrected chi connectivity index (χ3v) is 4.19. The van der Waals surface area contributed by atoms with Gasteiger partial charge in [0.05, 0.1) is 6.10 Å². The van der Waals surface area contributed by atoms with Crippen molar-refractivity contribution in [1.29, 1.82) is 0 Å². The van der Waals surface area contributed by atoms with Gasteiger partial charge in [-0.1, -0.05) is 36.2 Å². The molecule has 90 valence electrons. The molecule has 1 nitrogen and oxygen atoms in total. The fourth-order valence-corrected chi connectivity index (χ4v) is 2.78. The van der Waals surface area contributed by atoms with E-state index < -0.39 is 0 Å². The van der Waals surface area contributed by atoms with Crippen molar-refractivity contribution in [3.05, 3.63) is 33.8 Å². The Morgan fingerprint density at radius 3 is 2.50 bits per heavy atom. The summed E-state index contributed by atoms with van der Waals surface area (Å²) in [4.78, 5) is 0. The van der Waals surface area contributed by atoms with Gasteiger partial charge in [0.1, 0.15) is 0 Å². The van der Waals surface area contributed by atoms with Gasteiger partial charge in [-0.3, -0.25) is 0 Å². The molecule has 0 fully saturated rings. The standard InChI is InChI=1S/C12H16Cl2OS/c1-2-6-16-8-9(15)7-10-11(13)4-3-5-12(10)14/h3-5,9,15H,2,6-8H2,1H3. The number of benzene rings is 1. The first-order chi connectivity index (χ1) is 7.65. The van der Waals surface area contributed by atoms with Crippen molar-refractivity contribution in [2.24, 2.45) is 0 Å². The minimum absolute atomic E-state index is 0.381. The zero-order chi connectivity index (χ0) is 12.0. The fourth-order valence-electron chi connectivity index (χ4n) is 1.39. The van der Waals surface area contributed by atoms with E-state index in [1.807, 2.05) is 6.07 Å². The maximum absolute atomic E-state index is 9.84. The molecule has 0 radical (unpaired) electrons. The van der Waals surface area contributed by atoms with Crippen LogP contribution in [-0.4, -0.2) is 22.7 Å². The molecule has 0 aliphatic carbocycles. The van der Waals surface area contributed by atoms with Crippen molar-refractivity contribution < 1.29 is 5.11 Å². The molecule has 1 unspecified atom stereocenters. The van der Waals surface area contributed by atoms with E-state index in [1.165, 1.54) is 0 Å². The van der Waals surface area contributed by atoms with Crippen LogP contribution in [0.2, 0.25) is 10.0 Å². The molecule has 1 atom stereocenters. The first kappa shape index (κ1) is 14.2. The highest BCUT2D eigenvalue weighted by Crippen LogP contribution is 2.26. The molecular weight excluding hydrogens is 263 g/mol. The van der Waals surface area contributed by atoms with E-state index in [4.69, 9.17) is 23.2 Å². The number of thioether (sulfide) groups is 1. The average Bonchev–Trinajstić information content (AvgIpc) is 2.24. The normalized spacial score (nSPS) is 12.8. The second-order valence-corrected chi connectivity index (χ2v) is 5.60. The summed E-state index contributed by atoms with van der Waals surface area (Å²) in [5.74, 6) is 1.81. The predicted octanol–water partition coefficient (Wildman–Crippen LogP) is 4.04. The highest BCUT2D eigenvalue weighted by molar-refractivity contribution is 7.99. The van der Waals surface area contributed by atoms with Crippen LogP contribution in [-0.2, 0) is 6.42 Å². The lowest BCUT2D eigenvalue weighted by molar-refractivity contribution is 0.200. The Morgan fingerprint density at radius 1 is 1.31 bits per heavy atom. The van der Waals surface area contributed by atoms with Gasteiger partial charge in [-0.05, 0) is 29.9 Å². The number of aliphatic hydroxyl groups excluding tert-OH is 1. The van der Waals surface area contributed by atoms with Gasteiger partial charge in [-0.15, -0.1) is 0 Å². The van der Waals surface area contributed by atoms with Gasteiger partial charge in [0.2, 0.25) is 0 Å². The molecule has 4 heteroatoms. The van der Waals surface area contributed by atoms with E-state index in [9.17, 15) is 5.11 Å². The molecule has 0 saturated heterocycles. The van der Waals surface area contributed by atoms with Gasteiger partial charge >= 0.3 is 0 Å². The molecule has 1 aromatic carbocycles. The van der Waals surface area contributed by atoms with Crippen LogP contribution in [0.25, 0.3) is 0 Å². The van der Waals surface area contributed by atoms with Crippen molar-refractivity contribution in [3.8, 4) is 0 Å². The van der Waals surface area contributed by atoms with Crippen molar-refractivity contribution in [3.63, 3.8) is 0 Å². The molecule has 1 N–H and O–H groups in total. The molecular formula is C12H16Cl2OS. The summed E-state index contributed by atoms with van der Waals surface area (Å²) in [6.45, 7) is 2.13. The maximum atomic E-state index is 9.84. The lowest BCUT2D eigenvalue weighted by Gasteiger charge is -2.12. The Bertz CT molecular complexity index is 311. The molecule has 0 aliphatic heterocycles. The lowest BCUT2D eigenvalue weighted by Crippen LogP contribution is -2.14. The lowest BCUT2D eigenvalue weighted by atomic mass is 10.1. The molecule has 0 aromatic heterocycles. The minimum atomic E-state index is -0.381. The highest BCUT2D eigenvalue weighted by Gasteiger charge is 2.11. The van der Waals surface area contributed by atoms with Gasteiger partial charge in [0, 0.05) is 22.2 Å². The summed E-state index contributed by atoms with van der Waals surface area (Å²) < 4.78 is 0. The molecule has 0 saturated carbocycles. The van der Waals surface area contributed by atoms with Crippen LogP contribution in [0.4, 0.5) is 0 Å². The molecule has 16 heavy (non-hydrogen) atoms. The van der Waals surface area contributed by atoms with Crippen LogP contribution in [0.5, 0.6) is 0 Å². The minimum Gasteiger partial charge on any atom is -0.392 e. The van der Waals surface area contributed by atoms with Crippen LogP contribution in [0.15, 0.2) is 18.2 Å². The van der Waals surface area contributed by atoms with E-state index in [0.29, 0.717) is 16.5 Å². The molecule has 1 aromatic rings. The Labute approximate surface area is 111 Å². The second-order valence-electron chi connectivity index (χ2n) is 3.63. The van der Waals surface area contributed by atoms with Gasteiger partial charge < -0.3 is 5.11 Å². The molecule has 0 aliphatic rings. The number of hydrogen-bond donors (Lipinski definition) is 1. The van der Waals surface area contributed by atoms with Crippen LogP contribution < -0.4 is 0 Å². The van der Waals surface area contributed by atoms with Gasteiger partial charge in [-0.2, -0.15) is 11.8 Å². The third kappa shape index (κ3) is 4.54. The number of rotatable bonds is 6. The SMILES string of the molecule is CCCSCC(O)Cc1c(Cl)cccc1Cl. The summed E-state index contributed by atoms with van der Waals surface area (Å²) in [5.41, 5.74) is 0.843. The van der Waals surface area contributed by atoms with Gasteiger partial charge in [0.15, 0.2) is 0 Å². The van der Waals surface area contributed by atoms with Crippen molar-refractivity contribution in [1.82, 2.24) is 0 Å². The predicted molar refractivity (Wildman–Crippen MR) is 73.8 cm³/mol. The average molecular weight is 279 g/mol. The molecule has 0 spiro atoms. The zero-order valence-electron chi connectivity index (χ0n) is 9.25. The third-order valence-electron chi connectivity index (χ3n) is 2.16. The van der Waals surface area contributed by atoms with Crippen LogP contribution in [0.1, 0.15) is 18.9 Å². The second kappa shape index (κ2) is 7.44. The van der Waals surface area contributed by atoms with E-state index >= 15 is 0 Å². The fraction of sp³-hybridized carbons (Fsp3) is 0.500. The van der Waals surface area contributed by atoms with E-state index in [-0.39, 0.29) is 6.10 Å². The quantitative estimate of drug-likeness (QED) is 0.793. The van der Waals surface area contributed by atoms with E-state index in [2.05, 4.69) is 6.92 Å². The topological polar surface area (TPSA) is 20.2 Å². The first-order valence-electron chi connectivity index (χ1n) is 5.33. The summed E-state index contributed by atoms with van der Waals surface area (Å²) in [7, 11) is 0. The Morgan fingerprint density at radius 2 is 1.94 bits per heavy atom. The Balaban J connectivity index is 2.52. The monoisotopic (exact) mass is 278 g/mol. The first-order valence-corrected chi connectivity index (χ1v) is 7.25. The van der Waals surface area contributed by atoms with Crippen molar-refractivity contribution in [2.75, 3.05) is 11.5 Å². The van der Waals surface area contributed by atoms with Crippen molar-refractivity contribution in [2.45, 2.75) is 25.9 Å². The van der Waals surface area contributed by atoms with Crippen LogP contribution in [0, 0.1) is 0 Å². The largest absolute Gasteiger partial charge is 0.392 e. The van der Waals surface area contributed by atoms with Crippen LogP contribution >= 0.6 is 35.0 Å². The maximum Gasteiger partial charge on any atom is 0.0671 e. The molecule has 0 bridgehead atoms. The van der Waals surface area contributed by atoms with Gasteiger partial charge in [0.25, 0.3) is 0 Å². The summed E-state index contributed by atoms with van der Waals surface area (Å²) in [6.07, 6.45) is 1.27. The van der Waals surface area contributed by atoms with Crippen LogP contribution in [0.3, 0.4) is 0 Å². The molecule has 1 rings (SSSR count). The summed E-state index contributed by atoms with van der Waals surface area (Å²) in [5, 5.41) is 11.1. The number of hydrogen-bond acceptors (Lipinski definition) is 2. The Kier molecular flexibility index (Phi) is 6.59. The Hall–Kier alpha value is 0.110. The number of halogens is 2. The summed E-state index contributed by atoms with van der Waals surface area (Å²) >= 11 is 13.8. The van der Waals surface area contributed by atoms with E-state index in [0.717, 1.165) is 23.5 Å². The number of aliphatic hydroxyl groups is 1. The molecule has 0 heterocycles. The highest BCUT2D eigenvalue weighted by atomic mass is 35.5. The van der Waals surface area contributed by atoms with Gasteiger partial charge in [-0.25, -0.2) is 0 Å².